The van der Waals surface area contributed by atoms with Crippen LogP contribution in [0.1, 0.15) is 56.6 Å². The molecular weight excluding hydrogens is 415 g/mol. The van der Waals surface area contributed by atoms with Gasteiger partial charge in [0, 0.05) is 6.92 Å². The fraction of sp³-hybridized carbons (Fsp3) is 0.250. The van der Waals surface area contributed by atoms with E-state index in [4.69, 9.17) is 4.52 Å². The van der Waals surface area contributed by atoms with E-state index in [9.17, 15) is 9.36 Å². The van der Waals surface area contributed by atoms with Gasteiger partial charge in [-0.05, 0) is 60.1 Å². The molecule has 3 aromatic rings. The standard InChI is InChI=1S/C28H31O3P/c1-5-24(26-12-8-6-9-13-26)20-21(2)25-16-18-28(19-17-25)32(30,31-23(4)22(3)29)27-14-10-7-11-15-27/h6-19,21,24H,4-5,20H2,1-3H3. The monoisotopic (exact) mass is 446 g/mol. The predicted octanol–water partition coefficient (Wildman–Crippen LogP) is 6.72. The van der Waals surface area contributed by atoms with Gasteiger partial charge in [0.05, 0.1) is 10.6 Å². The number of carbonyl (C=O) groups excluding carboxylic acids is 1. The van der Waals surface area contributed by atoms with Crippen molar-refractivity contribution in [3.63, 3.8) is 0 Å². The molecule has 166 valence electrons. The van der Waals surface area contributed by atoms with Gasteiger partial charge in [0.1, 0.15) is 0 Å². The average Bonchev–Trinajstić information content (AvgIpc) is 2.83. The third-order valence-electron chi connectivity index (χ3n) is 5.93. The fourth-order valence-corrected chi connectivity index (χ4v) is 5.98. The molecule has 3 rings (SSSR count). The largest absolute Gasteiger partial charge is 0.434 e. The molecular formula is C28H31O3P. The van der Waals surface area contributed by atoms with E-state index in [1.54, 1.807) is 12.1 Å². The van der Waals surface area contributed by atoms with Gasteiger partial charge in [0.25, 0.3) is 0 Å². The van der Waals surface area contributed by atoms with Gasteiger partial charge in [-0.15, -0.1) is 0 Å². The van der Waals surface area contributed by atoms with E-state index >= 15 is 0 Å². The number of hydrogen-bond donors (Lipinski definition) is 0. The van der Waals surface area contributed by atoms with E-state index in [0.717, 1.165) is 12.8 Å². The quantitative estimate of drug-likeness (QED) is 0.197. The highest BCUT2D eigenvalue weighted by atomic mass is 31.2. The minimum Gasteiger partial charge on any atom is -0.434 e. The van der Waals surface area contributed by atoms with Crippen LogP contribution in [0.15, 0.2) is 97.3 Å². The molecule has 0 aliphatic carbocycles. The summed E-state index contributed by atoms with van der Waals surface area (Å²) in [5.41, 5.74) is 2.55. The highest BCUT2D eigenvalue weighted by Crippen LogP contribution is 2.47. The Morgan fingerprint density at radius 2 is 1.41 bits per heavy atom. The number of carbonyl (C=O) groups is 1. The summed E-state index contributed by atoms with van der Waals surface area (Å²) in [6, 6.07) is 27.4. The Morgan fingerprint density at radius 1 is 0.875 bits per heavy atom. The second kappa shape index (κ2) is 10.6. The Bertz CT molecular complexity index is 1090. The second-order valence-corrected chi connectivity index (χ2v) is 10.5. The molecule has 3 aromatic carbocycles. The minimum atomic E-state index is -3.49. The lowest BCUT2D eigenvalue weighted by Crippen LogP contribution is -2.19. The topological polar surface area (TPSA) is 43.4 Å². The van der Waals surface area contributed by atoms with Crippen LogP contribution in [0.4, 0.5) is 0 Å². The number of benzene rings is 3. The van der Waals surface area contributed by atoms with Crippen molar-refractivity contribution in [2.45, 2.75) is 45.4 Å². The van der Waals surface area contributed by atoms with Crippen molar-refractivity contribution >= 4 is 23.8 Å². The van der Waals surface area contributed by atoms with E-state index in [1.165, 1.54) is 18.1 Å². The Morgan fingerprint density at radius 3 is 1.94 bits per heavy atom. The molecule has 0 radical (unpaired) electrons. The lowest BCUT2D eigenvalue weighted by Gasteiger charge is -2.23. The summed E-state index contributed by atoms with van der Waals surface area (Å²) in [7, 11) is -3.49. The van der Waals surface area contributed by atoms with Crippen LogP contribution in [-0.4, -0.2) is 5.78 Å². The van der Waals surface area contributed by atoms with Gasteiger partial charge in [-0.1, -0.05) is 81.1 Å². The first-order valence-electron chi connectivity index (χ1n) is 11.1. The Balaban J connectivity index is 1.86. The van der Waals surface area contributed by atoms with Crippen molar-refractivity contribution in [3.05, 3.63) is 108 Å². The summed E-state index contributed by atoms with van der Waals surface area (Å²) in [6.45, 7) is 9.48. The summed E-state index contributed by atoms with van der Waals surface area (Å²) < 4.78 is 19.7. The van der Waals surface area contributed by atoms with Crippen molar-refractivity contribution in [3.8, 4) is 0 Å². The smallest absolute Gasteiger partial charge is 0.306 e. The van der Waals surface area contributed by atoms with Crippen LogP contribution in [0.2, 0.25) is 0 Å². The molecule has 0 saturated heterocycles. The van der Waals surface area contributed by atoms with Crippen LogP contribution >= 0.6 is 7.37 Å². The maximum atomic E-state index is 14.0. The molecule has 0 aliphatic rings. The van der Waals surface area contributed by atoms with E-state index in [2.05, 4.69) is 44.7 Å². The lowest BCUT2D eigenvalue weighted by atomic mass is 9.85. The molecule has 4 heteroatoms. The number of ketones is 1. The van der Waals surface area contributed by atoms with Crippen molar-refractivity contribution in [1.82, 2.24) is 0 Å². The summed E-state index contributed by atoms with van der Waals surface area (Å²) in [6.07, 6.45) is 2.12. The van der Waals surface area contributed by atoms with E-state index < -0.39 is 7.37 Å². The van der Waals surface area contributed by atoms with Crippen LogP contribution in [-0.2, 0) is 13.9 Å². The summed E-state index contributed by atoms with van der Waals surface area (Å²) in [5, 5.41) is 1.09. The first-order chi connectivity index (χ1) is 15.3. The van der Waals surface area contributed by atoms with E-state index in [0.29, 0.717) is 22.4 Å². The third-order valence-corrected chi connectivity index (χ3v) is 8.36. The molecule has 0 heterocycles. The molecule has 3 nitrogen and oxygen atoms in total. The third kappa shape index (κ3) is 5.47. The Labute approximate surface area is 191 Å². The van der Waals surface area contributed by atoms with Gasteiger partial charge < -0.3 is 4.52 Å². The molecule has 3 atom stereocenters. The molecule has 3 unspecified atom stereocenters. The van der Waals surface area contributed by atoms with Gasteiger partial charge >= 0.3 is 7.37 Å². The maximum Gasteiger partial charge on any atom is 0.306 e. The summed E-state index contributed by atoms with van der Waals surface area (Å²) in [5.74, 6) is 0.406. The number of allylic oxidation sites excluding steroid dienone is 1. The van der Waals surface area contributed by atoms with Crippen LogP contribution < -0.4 is 10.6 Å². The van der Waals surface area contributed by atoms with Gasteiger partial charge in [0.2, 0.25) is 0 Å². The molecule has 0 fully saturated rings. The zero-order valence-corrected chi connectivity index (χ0v) is 19.9. The van der Waals surface area contributed by atoms with Crippen molar-refractivity contribution < 1.29 is 13.9 Å². The number of hydrogen-bond acceptors (Lipinski definition) is 3. The van der Waals surface area contributed by atoms with E-state index in [-0.39, 0.29) is 11.5 Å². The van der Waals surface area contributed by atoms with Crippen molar-refractivity contribution in [2.75, 3.05) is 0 Å². The van der Waals surface area contributed by atoms with Crippen LogP contribution in [0, 0.1) is 0 Å². The summed E-state index contributed by atoms with van der Waals surface area (Å²) in [4.78, 5) is 11.7. The van der Waals surface area contributed by atoms with Crippen molar-refractivity contribution in [1.29, 1.82) is 0 Å². The first-order valence-corrected chi connectivity index (χ1v) is 12.7. The molecule has 32 heavy (non-hydrogen) atoms. The average molecular weight is 447 g/mol. The molecule has 0 saturated carbocycles. The lowest BCUT2D eigenvalue weighted by molar-refractivity contribution is -0.115. The number of Topliss-reactive ketones (excluding diaryl/α,β-unsaturated/α-hetero) is 1. The highest BCUT2D eigenvalue weighted by Gasteiger charge is 2.31. The molecule has 0 N–H and O–H groups in total. The van der Waals surface area contributed by atoms with E-state index in [1.807, 2.05) is 48.5 Å². The van der Waals surface area contributed by atoms with Gasteiger partial charge in [-0.2, -0.15) is 0 Å². The van der Waals surface area contributed by atoms with Gasteiger partial charge in [-0.3, -0.25) is 9.36 Å². The molecule has 0 spiro atoms. The fourth-order valence-electron chi connectivity index (χ4n) is 3.92. The first kappa shape index (κ1) is 23.8. The summed E-state index contributed by atoms with van der Waals surface area (Å²) >= 11 is 0. The second-order valence-electron chi connectivity index (χ2n) is 8.20. The van der Waals surface area contributed by atoms with Crippen LogP contribution in [0.5, 0.6) is 0 Å². The van der Waals surface area contributed by atoms with Gasteiger partial charge in [0.15, 0.2) is 11.5 Å². The maximum absolute atomic E-state index is 14.0. The highest BCUT2D eigenvalue weighted by molar-refractivity contribution is 7.74. The van der Waals surface area contributed by atoms with Gasteiger partial charge in [-0.25, -0.2) is 0 Å². The molecule has 0 bridgehead atoms. The predicted molar refractivity (Wildman–Crippen MR) is 133 cm³/mol. The zero-order valence-electron chi connectivity index (χ0n) is 19.0. The minimum absolute atomic E-state index is 0.0942. The van der Waals surface area contributed by atoms with Crippen LogP contribution in [0.25, 0.3) is 0 Å². The normalized spacial score (nSPS) is 14.7. The van der Waals surface area contributed by atoms with Crippen LogP contribution in [0.3, 0.4) is 0 Å². The molecule has 0 aromatic heterocycles. The molecule has 0 amide bonds. The van der Waals surface area contributed by atoms with Crippen molar-refractivity contribution in [2.24, 2.45) is 0 Å². The SMILES string of the molecule is C=C(OP(=O)(c1ccccc1)c1ccc(C(C)CC(CC)c2ccccc2)cc1)C(C)=O. The Kier molecular flexibility index (Phi) is 7.88. The Hall–Kier alpha value is -2.90. The molecule has 0 aliphatic heterocycles. The zero-order chi connectivity index (χ0) is 23.1. The number of rotatable bonds is 10.